The second-order valence-corrected chi connectivity index (χ2v) is 7.97. The Morgan fingerprint density at radius 2 is 2.00 bits per heavy atom. The minimum Gasteiger partial charge on any atom is -0.379 e. The SMILES string of the molecule is CN1C(=O)CCc2cc(C(=O)N3CCCC(CN4CCOCC4)C3)ccc21. The molecule has 0 bridgehead atoms. The molecule has 6 heteroatoms. The van der Waals surface area contributed by atoms with Gasteiger partial charge in [0.1, 0.15) is 0 Å². The van der Waals surface area contributed by atoms with E-state index < -0.39 is 0 Å². The zero-order valence-electron chi connectivity index (χ0n) is 16.2. The number of amides is 2. The van der Waals surface area contributed by atoms with Crippen LogP contribution in [-0.2, 0) is 16.0 Å². The number of likely N-dealkylation sites (tertiary alicyclic amines) is 1. The number of fused-ring (bicyclic) bond motifs is 1. The molecule has 1 atom stereocenters. The highest BCUT2D eigenvalue weighted by Gasteiger charge is 2.28. The van der Waals surface area contributed by atoms with Gasteiger partial charge in [0, 0.05) is 57.4 Å². The third kappa shape index (κ3) is 4.01. The van der Waals surface area contributed by atoms with Gasteiger partial charge in [-0.1, -0.05) is 0 Å². The lowest BCUT2D eigenvalue weighted by atomic mass is 9.95. The highest BCUT2D eigenvalue weighted by molar-refractivity contribution is 5.99. The fraction of sp³-hybridized carbons (Fsp3) is 0.619. The number of hydrogen-bond donors (Lipinski definition) is 0. The van der Waals surface area contributed by atoms with Crippen molar-refractivity contribution in [2.45, 2.75) is 25.7 Å². The number of morpholine rings is 1. The molecule has 1 aromatic carbocycles. The molecular formula is C21H29N3O3. The van der Waals surface area contributed by atoms with Gasteiger partial charge in [-0.05, 0) is 48.9 Å². The summed E-state index contributed by atoms with van der Waals surface area (Å²) < 4.78 is 5.43. The number of nitrogens with zero attached hydrogens (tertiary/aromatic N) is 3. The van der Waals surface area contributed by atoms with Gasteiger partial charge < -0.3 is 14.5 Å². The highest BCUT2D eigenvalue weighted by Crippen LogP contribution is 2.28. The molecule has 0 saturated carbocycles. The lowest BCUT2D eigenvalue weighted by Gasteiger charge is -2.37. The largest absolute Gasteiger partial charge is 0.379 e. The van der Waals surface area contributed by atoms with E-state index in [9.17, 15) is 9.59 Å². The van der Waals surface area contributed by atoms with E-state index in [4.69, 9.17) is 4.74 Å². The van der Waals surface area contributed by atoms with E-state index in [0.717, 1.165) is 75.6 Å². The van der Waals surface area contributed by atoms with Crippen molar-refractivity contribution in [2.24, 2.45) is 5.92 Å². The molecule has 0 aliphatic carbocycles. The van der Waals surface area contributed by atoms with E-state index in [1.165, 1.54) is 6.42 Å². The maximum atomic E-state index is 13.1. The summed E-state index contributed by atoms with van der Waals surface area (Å²) in [5.74, 6) is 0.815. The Kier molecular flexibility index (Phi) is 5.45. The van der Waals surface area contributed by atoms with Crippen LogP contribution in [0.3, 0.4) is 0 Å². The Morgan fingerprint density at radius 1 is 1.19 bits per heavy atom. The minimum atomic E-state index is 0.129. The Labute approximate surface area is 161 Å². The van der Waals surface area contributed by atoms with E-state index in [0.29, 0.717) is 12.3 Å². The number of carbonyl (C=O) groups excluding carboxylic acids is 2. The number of ether oxygens (including phenoxy) is 1. The normalized spacial score (nSPS) is 24.0. The van der Waals surface area contributed by atoms with Gasteiger partial charge >= 0.3 is 0 Å². The molecule has 0 aromatic heterocycles. The van der Waals surface area contributed by atoms with Crippen LogP contribution >= 0.6 is 0 Å². The third-order valence-corrected chi connectivity index (χ3v) is 6.10. The van der Waals surface area contributed by atoms with Gasteiger partial charge in [-0.25, -0.2) is 0 Å². The van der Waals surface area contributed by atoms with Crippen molar-refractivity contribution < 1.29 is 14.3 Å². The van der Waals surface area contributed by atoms with Crippen molar-refractivity contribution in [1.82, 2.24) is 9.80 Å². The summed E-state index contributed by atoms with van der Waals surface area (Å²) in [6.45, 7) is 6.38. The molecule has 1 unspecified atom stereocenters. The zero-order valence-corrected chi connectivity index (χ0v) is 16.2. The molecule has 2 amide bonds. The molecule has 0 radical (unpaired) electrons. The molecule has 2 saturated heterocycles. The maximum absolute atomic E-state index is 13.1. The summed E-state index contributed by atoms with van der Waals surface area (Å²) in [7, 11) is 1.81. The van der Waals surface area contributed by atoms with Crippen LogP contribution in [0.2, 0.25) is 0 Å². The Hall–Kier alpha value is -1.92. The molecule has 0 spiro atoms. The average Bonchev–Trinajstić information content (AvgIpc) is 2.71. The molecule has 0 N–H and O–H groups in total. The third-order valence-electron chi connectivity index (χ3n) is 6.10. The summed E-state index contributed by atoms with van der Waals surface area (Å²) in [6.07, 6.45) is 3.51. The van der Waals surface area contributed by atoms with E-state index >= 15 is 0 Å². The van der Waals surface area contributed by atoms with Crippen molar-refractivity contribution in [3.8, 4) is 0 Å². The van der Waals surface area contributed by atoms with Gasteiger partial charge in [0.25, 0.3) is 5.91 Å². The van der Waals surface area contributed by atoms with Gasteiger partial charge in [0.2, 0.25) is 5.91 Å². The van der Waals surface area contributed by atoms with E-state index in [2.05, 4.69) is 4.90 Å². The number of carbonyl (C=O) groups is 2. The second-order valence-electron chi connectivity index (χ2n) is 7.97. The van der Waals surface area contributed by atoms with Crippen LogP contribution < -0.4 is 4.90 Å². The Morgan fingerprint density at radius 3 is 2.81 bits per heavy atom. The summed E-state index contributed by atoms with van der Waals surface area (Å²) in [5.41, 5.74) is 2.79. The van der Waals surface area contributed by atoms with E-state index in [1.807, 2.05) is 30.1 Å². The number of hydrogen-bond acceptors (Lipinski definition) is 4. The zero-order chi connectivity index (χ0) is 18.8. The quantitative estimate of drug-likeness (QED) is 0.813. The van der Waals surface area contributed by atoms with Crippen LogP contribution in [0.15, 0.2) is 18.2 Å². The number of aryl methyl sites for hydroxylation is 1. The van der Waals surface area contributed by atoms with Crippen molar-refractivity contribution in [1.29, 1.82) is 0 Å². The van der Waals surface area contributed by atoms with Gasteiger partial charge in [0.05, 0.1) is 13.2 Å². The van der Waals surface area contributed by atoms with Gasteiger partial charge in [0.15, 0.2) is 0 Å². The summed E-state index contributed by atoms with van der Waals surface area (Å²) in [4.78, 5) is 31.1. The molecule has 146 valence electrons. The maximum Gasteiger partial charge on any atom is 0.253 e. The van der Waals surface area contributed by atoms with Crippen LogP contribution in [-0.4, -0.2) is 74.6 Å². The molecule has 6 nitrogen and oxygen atoms in total. The van der Waals surface area contributed by atoms with Crippen LogP contribution in [0, 0.1) is 5.92 Å². The van der Waals surface area contributed by atoms with Crippen LogP contribution in [0.1, 0.15) is 35.2 Å². The van der Waals surface area contributed by atoms with Gasteiger partial charge in [-0.3, -0.25) is 14.5 Å². The number of benzene rings is 1. The molecule has 3 aliphatic heterocycles. The smallest absolute Gasteiger partial charge is 0.253 e. The standard InChI is InChI=1S/C21H29N3O3/c1-22-19-6-4-18(13-17(19)5-7-20(22)25)21(26)24-8-2-3-16(15-24)14-23-9-11-27-12-10-23/h4,6,13,16H,2-3,5,7-12,14-15H2,1H3. The molecule has 4 rings (SSSR count). The lowest BCUT2D eigenvalue weighted by Crippen LogP contribution is -2.46. The fourth-order valence-electron chi connectivity index (χ4n) is 4.52. The second kappa shape index (κ2) is 7.98. The molecule has 27 heavy (non-hydrogen) atoms. The van der Waals surface area contributed by atoms with Crippen molar-refractivity contribution in [2.75, 3.05) is 57.9 Å². The first-order valence-corrected chi connectivity index (χ1v) is 10.1. The molecule has 1 aromatic rings. The summed E-state index contributed by atoms with van der Waals surface area (Å²) in [6, 6.07) is 5.79. The monoisotopic (exact) mass is 371 g/mol. The Balaban J connectivity index is 1.42. The first-order valence-electron chi connectivity index (χ1n) is 10.1. The van der Waals surface area contributed by atoms with Crippen LogP contribution in [0.5, 0.6) is 0 Å². The minimum absolute atomic E-state index is 0.129. The topological polar surface area (TPSA) is 53.1 Å². The first-order chi connectivity index (χ1) is 13.1. The fourth-order valence-corrected chi connectivity index (χ4v) is 4.52. The molecule has 3 aliphatic rings. The van der Waals surface area contributed by atoms with Crippen molar-refractivity contribution in [3.05, 3.63) is 29.3 Å². The van der Waals surface area contributed by atoms with Crippen molar-refractivity contribution in [3.63, 3.8) is 0 Å². The van der Waals surface area contributed by atoms with Gasteiger partial charge in [-0.2, -0.15) is 0 Å². The summed E-state index contributed by atoms with van der Waals surface area (Å²) >= 11 is 0. The van der Waals surface area contributed by atoms with Crippen molar-refractivity contribution >= 4 is 17.5 Å². The lowest BCUT2D eigenvalue weighted by molar-refractivity contribution is -0.118. The summed E-state index contributed by atoms with van der Waals surface area (Å²) in [5, 5.41) is 0. The molecular weight excluding hydrogens is 342 g/mol. The Bertz CT molecular complexity index is 715. The average molecular weight is 371 g/mol. The number of rotatable bonds is 3. The predicted octanol–water partition coefficient (Wildman–Crippen LogP) is 1.78. The van der Waals surface area contributed by atoms with Crippen LogP contribution in [0.4, 0.5) is 5.69 Å². The van der Waals surface area contributed by atoms with E-state index in [-0.39, 0.29) is 11.8 Å². The van der Waals surface area contributed by atoms with E-state index in [1.54, 1.807) is 4.90 Å². The van der Waals surface area contributed by atoms with Gasteiger partial charge in [-0.15, -0.1) is 0 Å². The molecule has 2 fully saturated rings. The van der Waals surface area contributed by atoms with Crippen LogP contribution in [0.25, 0.3) is 0 Å². The highest BCUT2D eigenvalue weighted by atomic mass is 16.5. The predicted molar refractivity (Wildman–Crippen MR) is 104 cm³/mol. The number of anilines is 1. The first kappa shape index (κ1) is 18.4. The molecule has 3 heterocycles. The number of piperidine rings is 1.